The minimum Gasteiger partial charge on any atom is -0.281 e. The van der Waals surface area contributed by atoms with Crippen LogP contribution in [-0.2, 0) is 0 Å². The van der Waals surface area contributed by atoms with Crippen molar-refractivity contribution in [1.82, 2.24) is 0 Å². The zero-order valence-electron chi connectivity index (χ0n) is 2.08. The maximum Gasteiger partial charge on any atom is 0.197 e. The molecule has 0 aliphatic heterocycles. The third-order valence-corrected chi connectivity index (χ3v) is 0. The van der Waals surface area contributed by atoms with Crippen LogP contribution in [0.25, 0.3) is 0 Å². The van der Waals surface area contributed by atoms with Gasteiger partial charge in [-0.2, -0.15) is 0 Å². The van der Waals surface area contributed by atoms with Crippen molar-refractivity contribution in [3.05, 3.63) is 0 Å². The molecule has 0 atom stereocenters. The van der Waals surface area contributed by atoms with Crippen LogP contribution >= 0.6 is 42.4 Å². The van der Waals surface area contributed by atoms with Gasteiger partial charge in [-0.1, -0.05) is 0 Å². The van der Waals surface area contributed by atoms with Crippen LogP contribution in [0.4, 0.5) is 0 Å². The summed E-state index contributed by atoms with van der Waals surface area (Å²) in [6.45, 7) is 0. The largest absolute Gasteiger partial charge is 0.281 e. The van der Waals surface area contributed by atoms with Gasteiger partial charge < -0.3 is 0 Å². The average molecular weight is 197 g/mol. The van der Waals surface area contributed by atoms with E-state index in [1.165, 1.54) is 0 Å². The fourth-order valence-corrected chi connectivity index (χ4v) is 0. The van der Waals surface area contributed by atoms with E-state index >= 15 is 0 Å². The predicted octanol–water partition coefficient (Wildman–Crippen LogP) is 3.38. The van der Waals surface area contributed by atoms with Crippen LogP contribution in [0.2, 0.25) is 0 Å². The normalized spacial score (nSPS) is 11.8. The molecule has 0 amide bonds. The fraction of sp³-hybridized carbons (Fsp3) is 0. The molecule has 0 aromatic heterocycles. The van der Waals surface area contributed by atoms with E-state index in [2.05, 4.69) is 15.5 Å². The molecule has 5 heteroatoms. The van der Waals surface area contributed by atoms with E-state index in [4.69, 9.17) is 27.6 Å². The van der Waals surface area contributed by atoms with Gasteiger partial charge in [0.15, 0.2) is 4.46 Å². The highest BCUT2D eigenvalue weighted by atomic mass is 79.9. The van der Waals surface area contributed by atoms with Gasteiger partial charge in [0.1, 0.15) is 0 Å². The molecule has 5 heavy (non-hydrogen) atoms. The van der Waals surface area contributed by atoms with Crippen molar-refractivity contribution < 1.29 is 0 Å². The minimum atomic E-state index is -2.38. The number of nitrogens with one attached hydrogen (secondary N) is 1. The lowest BCUT2D eigenvalue weighted by Crippen LogP contribution is -1.14. The van der Waals surface area contributed by atoms with Crippen molar-refractivity contribution in [2.24, 2.45) is 0 Å². The summed E-state index contributed by atoms with van der Waals surface area (Å²) in [6.07, 6.45) is 0. The van der Waals surface area contributed by atoms with E-state index in [1.54, 1.807) is 0 Å². The average Bonchev–Trinajstić information content (AvgIpc) is 0.722. The maximum atomic E-state index is 6.50. The monoisotopic (exact) mass is 195 g/mol. The van der Waals surface area contributed by atoms with Crippen molar-refractivity contribution >= 4 is 42.4 Å². The Bertz CT molecular complexity index is 55.8. The molecular formula is HBrCl2NP. The summed E-state index contributed by atoms with van der Waals surface area (Å²) < 4.78 is -2.38. The fourth-order valence-electron chi connectivity index (χ4n) is 0. The van der Waals surface area contributed by atoms with Crippen molar-refractivity contribution in [2.45, 2.75) is 0 Å². The molecule has 0 radical (unpaired) electrons. The standard InChI is InChI=1S/BrCl2HNP/c1-5(2,3)4/h4H. The van der Waals surface area contributed by atoms with E-state index in [9.17, 15) is 0 Å². The van der Waals surface area contributed by atoms with Crippen LogP contribution in [0.5, 0.6) is 0 Å². The maximum absolute atomic E-state index is 6.50. The summed E-state index contributed by atoms with van der Waals surface area (Å²) in [4.78, 5) is 0. The molecule has 0 heterocycles. The molecule has 0 saturated carbocycles. The quantitative estimate of drug-likeness (QED) is 0.575. The van der Waals surface area contributed by atoms with Crippen LogP contribution in [0.3, 0.4) is 0 Å². The lowest BCUT2D eigenvalue weighted by molar-refractivity contribution is 1.65. The second kappa shape index (κ2) is 1.83. The Kier molecular flexibility index (Phi) is 2.30. The number of halogens is 3. The summed E-state index contributed by atoms with van der Waals surface area (Å²) in [5.41, 5.74) is 0. The summed E-state index contributed by atoms with van der Waals surface area (Å²) in [5.74, 6) is 0. The first kappa shape index (κ1) is 6.29. The first-order chi connectivity index (χ1) is 2.00. The SMILES string of the molecule is N=P(Cl)(Cl)Br. The minimum absolute atomic E-state index is 2.38. The summed E-state index contributed by atoms with van der Waals surface area (Å²) in [5, 5.41) is 6.50. The van der Waals surface area contributed by atoms with Gasteiger partial charge in [-0.25, -0.2) is 0 Å². The van der Waals surface area contributed by atoms with Gasteiger partial charge in [-0.05, 0) is 38.0 Å². The molecule has 0 aromatic rings. The van der Waals surface area contributed by atoms with Crippen molar-refractivity contribution in [3.8, 4) is 0 Å². The van der Waals surface area contributed by atoms with Crippen molar-refractivity contribution in [2.75, 3.05) is 0 Å². The molecule has 0 aromatic carbocycles. The zero-order chi connectivity index (χ0) is 4.50. The van der Waals surface area contributed by atoms with E-state index in [0.29, 0.717) is 0 Å². The van der Waals surface area contributed by atoms with E-state index < -0.39 is 4.46 Å². The molecule has 0 rings (SSSR count). The molecule has 0 aliphatic rings. The molecule has 0 spiro atoms. The highest BCUT2D eigenvalue weighted by Crippen LogP contribution is 2.64. The zero-order valence-corrected chi connectivity index (χ0v) is 6.07. The Morgan fingerprint density at radius 1 is 1.60 bits per heavy atom. The summed E-state index contributed by atoms with van der Waals surface area (Å²) >= 11 is 12.7. The number of hydrogen-bond donors (Lipinski definition) is 1. The third-order valence-electron chi connectivity index (χ3n) is 0. The van der Waals surface area contributed by atoms with Gasteiger partial charge in [-0.3, -0.25) is 5.16 Å². The Hall–Kier alpha value is 1.29. The van der Waals surface area contributed by atoms with Crippen LogP contribution < -0.4 is 0 Å². The highest BCUT2D eigenvalue weighted by molar-refractivity contribution is 9.45. The van der Waals surface area contributed by atoms with Gasteiger partial charge in [0.05, 0.1) is 0 Å². The second-order valence-corrected chi connectivity index (χ2v) is 10.5. The first-order valence-corrected chi connectivity index (χ1v) is 6.35. The van der Waals surface area contributed by atoms with Crippen molar-refractivity contribution in [1.29, 1.82) is 5.16 Å². The van der Waals surface area contributed by atoms with Gasteiger partial charge >= 0.3 is 0 Å². The Balaban J connectivity index is 3.47. The first-order valence-electron chi connectivity index (χ1n) is 0.731. The Morgan fingerprint density at radius 3 is 1.60 bits per heavy atom. The molecule has 1 nitrogen and oxygen atoms in total. The summed E-state index contributed by atoms with van der Waals surface area (Å²) in [6, 6.07) is 0. The Labute approximate surface area is 47.8 Å². The second-order valence-electron chi connectivity index (χ2n) is 0.445. The molecule has 32 valence electrons. The van der Waals surface area contributed by atoms with Gasteiger partial charge in [-0.15, -0.1) is 0 Å². The highest BCUT2D eigenvalue weighted by Gasteiger charge is 1.94. The molecule has 0 bridgehead atoms. The molecule has 0 unspecified atom stereocenters. The third kappa shape index (κ3) is 34.4. The van der Waals surface area contributed by atoms with E-state index in [1.807, 2.05) is 0 Å². The smallest absolute Gasteiger partial charge is 0.197 e. The van der Waals surface area contributed by atoms with Crippen LogP contribution in [0, 0.1) is 5.16 Å². The lowest BCUT2D eigenvalue weighted by atomic mass is 14.0. The van der Waals surface area contributed by atoms with E-state index in [0.717, 1.165) is 0 Å². The molecule has 0 aliphatic carbocycles. The molecule has 0 fully saturated rings. The van der Waals surface area contributed by atoms with Gasteiger partial charge in [0, 0.05) is 0 Å². The van der Waals surface area contributed by atoms with Crippen LogP contribution in [0.15, 0.2) is 0 Å². The van der Waals surface area contributed by atoms with E-state index in [-0.39, 0.29) is 0 Å². The van der Waals surface area contributed by atoms with Crippen molar-refractivity contribution in [3.63, 3.8) is 0 Å². The molecular weight excluding hydrogens is 196 g/mol. The summed E-state index contributed by atoms with van der Waals surface area (Å²) in [7, 11) is 0. The number of rotatable bonds is 0. The molecule has 1 N–H and O–H groups in total. The number of hydrogen-bond acceptors (Lipinski definition) is 1. The predicted molar refractivity (Wildman–Crippen MR) is 30.3 cm³/mol. The lowest BCUT2D eigenvalue weighted by Gasteiger charge is -1.81. The van der Waals surface area contributed by atoms with Crippen LogP contribution in [-0.4, -0.2) is 0 Å². The molecule has 0 saturated heterocycles. The Morgan fingerprint density at radius 2 is 1.60 bits per heavy atom. The van der Waals surface area contributed by atoms with Crippen LogP contribution in [0.1, 0.15) is 0 Å². The topological polar surface area (TPSA) is 23.9 Å². The van der Waals surface area contributed by atoms with Gasteiger partial charge in [0.25, 0.3) is 0 Å². The van der Waals surface area contributed by atoms with Gasteiger partial charge in [0.2, 0.25) is 0 Å².